The molecular formula is C13H14Cl2N2O. The van der Waals surface area contributed by atoms with E-state index in [9.17, 15) is 4.79 Å². The fourth-order valence-electron chi connectivity index (χ4n) is 2.04. The third kappa shape index (κ3) is 2.25. The Morgan fingerprint density at radius 2 is 2.00 bits per heavy atom. The average molecular weight is 285 g/mol. The number of halogens is 2. The van der Waals surface area contributed by atoms with Crippen LogP contribution in [-0.2, 0) is 13.0 Å². The molecular weight excluding hydrogens is 271 g/mol. The Bertz CT molecular complexity index is 649. The van der Waals surface area contributed by atoms with E-state index >= 15 is 0 Å². The normalized spacial score (nSPS) is 11.1. The van der Waals surface area contributed by atoms with Crippen molar-refractivity contribution in [1.29, 1.82) is 0 Å². The fourth-order valence-corrected chi connectivity index (χ4v) is 2.57. The summed E-state index contributed by atoms with van der Waals surface area (Å²) in [5, 5.41) is 1.36. The van der Waals surface area contributed by atoms with Crippen LogP contribution in [-0.4, -0.2) is 9.55 Å². The van der Waals surface area contributed by atoms with Gasteiger partial charge in [0.25, 0.3) is 5.56 Å². The van der Waals surface area contributed by atoms with Gasteiger partial charge in [0, 0.05) is 18.0 Å². The molecule has 0 unspecified atom stereocenters. The number of rotatable bonds is 3. The average Bonchev–Trinajstić information content (AvgIpc) is 2.32. The van der Waals surface area contributed by atoms with Crippen molar-refractivity contribution >= 4 is 34.1 Å². The molecule has 0 atom stereocenters. The SMILES string of the molecule is CCCc1nc2c(Cl)cc(Cl)cc2c(=O)n1CC. The molecule has 2 rings (SSSR count). The first-order valence-electron chi connectivity index (χ1n) is 5.97. The van der Waals surface area contributed by atoms with Gasteiger partial charge < -0.3 is 0 Å². The maximum absolute atomic E-state index is 12.4. The molecule has 0 spiro atoms. The lowest BCUT2D eigenvalue weighted by Crippen LogP contribution is -2.24. The van der Waals surface area contributed by atoms with Gasteiger partial charge in [0.2, 0.25) is 0 Å². The van der Waals surface area contributed by atoms with Crippen LogP contribution in [0.1, 0.15) is 26.1 Å². The molecule has 0 aliphatic heterocycles. The van der Waals surface area contributed by atoms with E-state index in [2.05, 4.69) is 11.9 Å². The molecule has 0 radical (unpaired) electrons. The summed E-state index contributed by atoms with van der Waals surface area (Å²) in [5.41, 5.74) is 0.467. The summed E-state index contributed by atoms with van der Waals surface area (Å²) >= 11 is 12.0. The van der Waals surface area contributed by atoms with Crippen LogP contribution < -0.4 is 5.56 Å². The second kappa shape index (κ2) is 5.29. The van der Waals surface area contributed by atoms with Crippen LogP contribution in [0.3, 0.4) is 0 Å². The predicted octanol–water partition coefficient (Wildman–Crippen LogP) is 3.68. The van der Waals surface area contributed by atoms with Gasteiger partial charge in [-0.3, -0.25) is 9.36 Å². The van der Waals surface area contributed by atoms with Crippen molar-refractivity contribution in [2.75, 3.05) is 0 Å². The Hall–Kier alpha value is -1.06. The van der Waals surface area contributed by atoms with Gasteiger partial charge in [-0.15, -0.1) is 0 Å². The number of fused-ring (bicyclic) bond motifs is 1. The molecule has 0 fully saturated rings. The number of nitrogens with zero attached hydrogens (tertiary/aromatic N) is 2. The van der Waals surface area contributed by atoms with Crippen molar-refractivity contribution in [3.05, 3.63) is 38.4 Å². The first-order chi connectivity index (χ1) is 8.58. The van der Waals surface area contributed by atoms with Crippen molar-refractivity contribution in [1.82, 2.24) is 9.55 Å². The van der Waals surface area contributed by atoms with Crippen LogP contribution in [0.5, 0.6) is 0 Å². The van der Waals surface area contributed by atoms with E-state index in [-0.39, 0.29) is 5.56 Å². The lowest BCUT2D eigenvalue weighted by molar-refractivity contribution is 0.645. The van der Waals surface area contributed by atoms with E-state index < -0.39 is 0 Å². The monoisotopic (exact) mass is 284 g/mol. The molecule has 5 heteroatoms. The Kier molecular flexibility index (Phi) is 3.93. The fraction of sp³-hybridized carbons (Fsp3) is 0.385. The molecule has 2 aromatic rings. The zero-order valence-corrected chi connectivity index (χ0v) is 11.8. The second-order valence-electron chi connectivity index (χ2n) is 4.11. The Balaban J connectivity index is 2.86. The minimum atomic E-state index is -0.0737. The summed E-state index contributed by atoms with van der Waals surface area (Å²) in [6.45, 7) is 4.58. The highest BCUT2D eigenvalue weighted by Gasteiger charge is 2.12. The van der Waals surface area contributed by atoms with E-state index in [1.807, 2.05) is 6.92 Å². The van der Waals surface area contributed by atoms with Gasteiger partial charge >= 0.3 is 0 Å². The lowest BCUT2D eigenvalue weighted by Gasteiger charge is -2.11. The lowest BCUT2D eigenvalue weighted by atomic mass is 10.2. The molecule has 0 saturated heterocycles. The van der Waals surface area contributed by atoms with Gasteiger partial charge in [0.1, 0.15) is 5.82 Å². The summed E-state index contributed by atoms with van der Waals surface area (Å²) in [6, 6.07) is 3.24. The molecule has 1 heterocycles. The number of hydrogen-bond acceptors (Lipinski definition) is 2. The first kappa shape index (κ1) is 13.4. The first-order valence-corrected chi connectivity index (χ1v) is 6.72. The summed E-state index contributed by atoms with van der Waals surface area (Å²) in [5.74, 6) is 0.779. The Morgan fingerprint density at radius 1 is 1.28 bits per heavy atom. The van der Waals surface area contributed by atoms with Crippen molar-refractivity contribution in [3.8, 4) is 0 Å². The van der Waals surface area contributed by atoms with Crippen molar-refractivity contribution in [3.63, 3.8) is 0 Å². The van der Waals surface area contributed by atoms with Crippen LogP contribution in [0.2, 0.25) is 10.0 Å². The largest absolute Gasteiger partial charge is 0.296 e. The second-order valence-corrected chi connectivity index (χ2v) is 4.95. The third-order valence-electron chi connectivity index (χ3n) is 2.85. The van der Waals surface area contributed by atoms with Crippen molar-refractivity contribution in [2.45, 2.75) is 33.2 Å². The molecule has 1 aromatic carbocycles. The third-order valence-corrected chi connectivity index (χ3v) is 3.35. The van der Waals surface area contributed by atoms with Gasteiger partial charge in [-0.2, -0.15) is 0 Å². The zero-order chi connectivity index (χ0) is 13.3. The summed E-state index contributed by atoms with van der Waals surface area (Å²) in [7, 11) is 0. The van der Waals surface area contributed by atoms with E-state index in [0.29, 0.717) is 27.5 Å². The molecule has 0 bridgehead atoms. The van der Waals surface area contributed by atoms with Crippen molar-refractivity contribution < 1.29 is 0 Å². The maximum atomic E-state index is 12.4. The molecule has 1 aromatic heterocycles. The van der Waals surface area contributed by atoms with Crippen LogP contribution in [0.4, 0.5) is 0 Å². The predicted molar refractivity (Wildman–Crippen MR) is 75.7 cm³/mol. The molecule has 18 heavy (non-hydrogen) atoms. The van der Waals surface area contributed by atoms with E-state index in [0.717, 1.165) is 18.7 Å². The summed E-state index contributed by atoms with van der Waals surface area (Å²) in [4.78, 5) is 16.9. The smallest absolute Gasteiger partial charge is 0.261 e. The van der Waals surface area contributed by atoms with E-state index in [4.69, 9.17) is 23.2 Å². The van der Waals surface area contributed by atoms with Crippen LogP contribution in [0, 0.1) is 0 Å². The highest BCUT2D eigenvalue weighted by molar-refractivity contribution is 6.38. The summed E-state index contributed by atoms with van der Waals surface area (Å²) in [6.07, 6.45) is 1.70. The quantitative estimate of drug-likeness (QED) is 0.862. The van der Waals surface area contributed by atoms with Crippen molar-refractivity contribution in [2.24, 2.45) is 0 Å². The van der Waals surface area contributed by atoms with Gasteiger partial charge in [-0.25, -0.2) is 4.98 Å². The molecule has 0 aliphatic rings. The van der Waals surface area contributed by atoms with Crippen LogP contribution >= 0.6 is 23.2 Å². The highest BCUT2D eigenvalue weighted by Crippen LogP contribution is 2.24. The van der Waals surface area contributed by atoms with Crippen LogP contribution in [0.15, 0.2) is 16.9 Å². The number of aromatic nitrogens is 2. The van der Waals surface area contributed by atoms with Gasteiger partial charge in [0.15, 0.2) is 0 Å². The van der Waals surface area contributed by atoms with E-state index in [1.54, 1.807) is 16.7 Å². The number of benzene rings is 1. The van der Waals surface area contributed by atoms with Gasteiger partial charge in [0.05, 0.1) is 15.9 Å². The van der Waals surface area contributed by atoms with Gasteiger partial charge in [-0.05, 0) is 25.5 Å². The minimum Gasteiger partial charge on any atom is -0.296 e. The molecule has 0 saturated carbocycles. The molecule has 96 valence electrons. The highest BCUT2D eigenvalue weighted by atomic mass is 35.5. The standard InChI is InChI=1S/C13H14Cl2N2O/c1-3-5-11-16-12-9(13(18)17(11)4-2)6-8(14)7-10(12)15/h6-7H,3-5H2,1-2H3. The van der Waals surface area contributed by atoms with E-state index in [1.165, 1.54) is 0 Å². The molecule has 0 N–H and O–H groups in total. The number of aryl methyl sites for hydroxylation is 1. The number of hydrogen-bond donors (Lipinski definition) is 0. The van der Waals surface area contributed by atoms with Crippen LogP contribution in [0.25, 0.3) is 10.9 Å². The topological polar surface area (TPSA) is 34.9 Å². The Morgan fingerprint density at radius 3 is 2.61 bits per heavy atom. The zero-order valence-electron chi connectivity index (χ0n) is 10.3. The molecule has 0 amide bonds. The molecule has 0 aliphatic carbocycles. The Labute approximate surface area is 115 Å². The summed E-state index contributed by atoms with van der Waals surface area (Å²) < 4.78 is 1.68. The van der Waals surface area contributed by atoms with Gasteiger partial charge in [-0.1, -0.05) is 30.1 Å². The maximum Gasteiger partial charge on any atom is 0.261 e. The molecule has 3 nitrogen and oxygen atoms in total. The minimum absolute atomic E-state index is 0.0737.